The van der Waals surface area contributed by atoms with Crippen molar-refractivity contribution in [2.24, 2.45) is 5.10 Å². The molecule has 0 aliphatic carbocycles. The number of hydrogen-bond acceptors (Lipinski definition) is 5. The van der Waals surface area contributed by atoms with Gasteiger partial charge in [0.15, 0.2) is 6.61 Å². The number of nitro groups is 1. The number of amides is 1. The van der Waals surface area contributed by atoms with Gasteiger partial charge in [-0.05, 0) is 25.0 Å². The minimum Gasteiger partial charge on any atom is -0.483 e. The molecular formula is C19H19N3O4. The Morgan fingerprint density at radius 3 is 2.81 bits per heavy atom. The first-order chi connectivity index (χ1) is 12.5. The van der Waals surface area contributed by atoms with Crippen molar-refractivity contribution >= 4 is 17.3 Å². The maximum atomic E-state index is 11.9. The van der Waals surface area contributed by atoms with E-state index < -0.39 is 10.8 Å². The van der Waals surface area contributed by atoms with Crippen LogP contribution in [-0.4, -0.2) is 23.1 Å². The van der Waals surface area contributed by atoms with Crippen LogP contribution in [0.5, 0.6) is 5.75 Å². The standard InChI is InChI=1S/C19H19N3O4/c1-3-7-15-8-4-5-11-18(15)26-13-19(23)21-20-14(2)16-9-6-10-17(12-16)22(24)25/h3-6,8-12H,1,7,13H2,2H3,(H,21,23)/b20-14-. The van der Waals surface area contributed by atoms with Gasteiger partial charge in [-0.15, -0.1) is 6.58 Å². The smallest absolute Gasteiger partial charge is 0.277 e. The third-order valence-electron chi connectivity index (χ3n) is 3.52. The number of benzene rings is 2. The van der Waals surface area contributed by atoms with Gasteiger partial charge in [0.1, 0.15) is 5.75 Å². The van der Waals surface area contributed by atoms with Crippen molar-refractivity contribution in [3.05, 3.63) is 82.4 Å². The molecule has 26 heavy (non-hydrogen) atoms. The molecule has 0 aromatic heterocycles. The molecule has 2 aromatic rings. The summed E-state index contributed by atoms with van der Waals surface area (Å²) < 4.78 is 5.52. The zero-order chi connectivity index (χ0) is 18.9. The van der Waals surface area contributed by atoms with Gasteiger partial charge in [0, 0.05) is 17.7 Å². The lowest BCUT2D eigenvalue weighted by Crippen LogP contribution is -2.25. The van der Waals surface area contributed by atoms with E-state index in [9.17, 15) is 14.9 Å². The molecule has 1 amide bonds. The van der Waals surface area contributed by atoms with Gasteiger partial charge in [0.05, 0.1) is 10.6 Å². The molecular weight excluding hydrogens is 334 g/mol. The molecule has 7 heteroatoms. The number of carbonyl (C=O) groups is 1. The number of carbonyl (C=O) groups excluding carboxylic acids is 1. The number of rotatable bonds is 8. The Morgan fingerprint density at radius 2 is 2.08 bits per heavy atom. The number of hydrazone groups is 1. The van der Waals surface area contributed by atoms with E-state index in [-0.39, 0.29) is 12.3 Å². The molecule has 0 fully saturated rings. The zero-order valence-electron chi connectivity index (χ0n) is 14.3. The van der Waals surface area contributed by atoms with Gasteiger partial charge in [-0.3, -0.25) is 14.9 Å². The summed E-state index contributed by atoms with van der Waals surface area (Å²) in [5, 5.41) is 14.8. The predicted molar refractivity (Wildman–Crippen MR) is 99.3 cm³/mol. The Labute approximate surface area is 151 Å². The molecule has 0 spiro atoms. The number of allylic oxidation sites excluding steroid dienone is 1. The van der Waals surface area contributed by atoms with Crippen molar-refractivity contribution in [3.8, 4) is 5.75 Å². The summed E-state index contributed by atoms with van der Waals surface area (Å²) in [6.07, 6.45) is 2.40. The maximum Gasteiger partial charge on any atom is 0.277 e. The lowest BCUT2D eigenvalue weighted by atomic mass is 10.1. The molecule has 0 bridgehead atoms. The summed E-state index contributed by atoms with van der Waals surface area (Å²) >= 11 is 0. The second kappa shape index (κ2) is 9.12. The molecule has 134 valence electrons. The van der Waals surface area contributed by atoms with E-state index in [1.54, 1.807) is 31.2 Å². The average Bonchev–Trinajstić information content (AvgIpc) is 2.65. The van der Waals surface area contributed by atoms with Crippen LogP contribution < -0.4 is 10.2 Å². The van der Waals surface area contributed by atoms with Crippen LogP contribution in [-0.2, 0) is 11.2 Å². The summed E-state index contributed by atoms with van der Waals surface area (Å²) in [5.41, 5.74) is 4.29. The Bertz CT molecular complexity index is 846. The lowest BCUT2D eigenvalue weighted by Gasteiger charge is -2.09. The first-order valence-corrected chi connectivity index (χ1v) is 7.91. The molecule has 0 saturated carbocycles. The number of non-ortho nitro benzene ring substituents is 1. The third-order valence-corrected chi connectivity index (χ3v) is 3.52. The summed E-state index contributed by atoms with van der Waals surface area (Å²) in [5.74, 6) is 0.185. The third kappa shape index (κ3) is 5.27. The van der Waals surface area contributed by atoms with Crippen molar-refractivity contribution in [3.63, 3.8) is 0 Å². The minimum atomic E-state index is -0.482. The summed E-state index contributed by atoms with van der Waals surface area (Å²) in [6.45, 7) is 5.15. The van der Waals surface area contributed by atoms with Gasteiger partial charge in [-0.2, -0.15) is 5.10 Å². The normalized spacial score (nSPS) is 10.9. The molecule has 0 radical (unpaired) electrons. The first kappa shape index (κ1) is 18.9. The Hall–Kier alpha value is -3.48. The average molecular weight is 353 g/mol. The highest BCUT2D eigenvalue weighted by molar-refractivity contribution is 5.99. The molecule has 0 saturated heterocycles. The van der Waals surface area contributed by atoms with E-state index in [2.05, 4.69) is 17.1 Å². The predicted octanol–water partition coefficient (Wildman–Crippen LogP) is 3.24. The highest BCUT2D eigenvalue weighted by atomic mass is 16.6. The molecule has 0 aliphatic rings. The zero-order valence-corrected chi connectivity index (χ0v) is 14.3. The second-order valence-corrected chi connectivity index (χ2v) is 5.43. The highest BCUT2D eigenvalue weighted by Gasteiger charge is 2.09. The Kier molecular flexibility index (Phi) is 6.61. The largest absolute Gasteiger partial charge is 0.483 e. The van der Waals surface area contributed by atoms with E-state index in [1.165, 1.54) is 12.1 Å². The molecule has 2 aromatic carbocycles. The monoisotopic (exact) mass is 353 g/mol. The Morgan fingerprint density at radius 1 is 1.31 bits per heavy atom. The second-order valence-electron chi connectivity index (χ2n) is 5.43. The Balaban J connectivity index is 1.96. The van der Waals surface area contributed by atoms with E-state index in [1.807, 2.05) is 18.2 Å². The highest BCUT2D eigenvalue weighted by Crippen LogP contribution is 2.18. The summed E-state index contributed by atoms with van der Waals surface area (Å²) in [4.78, 5) is 22.3. The number of nitrogens with one attached hydrogen (secondary N) is 1. The molecule has 7 nitrogen and oxygen atoms in total. The SMILES string of the molecule is C=CCc1ccccc1OCC(=O)N/N=C(/C)c1cccc([N+](=O)[O-])c1. The molecule has 0 heterocycles. The van der Waals surface area contributed by atoms with E-state index in [4.69, 9.17) is 4.74 Å². The van der Waals surface area contributed by atoms with Crippen LogP contribution in [0.1, 0.15) is 18.1 Å². The van der Waals surface area contributed by atoms with E-state index >= 15 is 0 Å². The van der Waals surface area contributed by atoms with Gasteiger partial charge in [-0.1, -0.05) is 36.4 Å². The van der Waals surface area contributed by atoms with Gasteiger partial charge < -0.3 is 4.74 Å². The fraction of sp³-hybridized carbons (Fsp3) is 0.158. The molecule has 0 unspecified atom stereocenters. The fourth-order valence-electron chi connectivity index (χ4n) is 2.20. The van der Waals surface area contributed by atoms with Crippen LogP contribution in [0.4, 0.5) is 5.69 Å². The minimum absolute atomic E-state index is 0.0365. The van der Waals surface area contributed by atoms with Crippen molar-refractivity contribution in [1.29, 1.82) is 0 Å². The van der Waals surface area contributed by atoms with E-state index in [0.717, 1.165) is 5.56 Å². The number of hydrogen-bond donors (Lipinski definition) is 1. The number of ether oxygens (including phenoxy) is 1. The lowest BCUT2D eigenvalue weighted by molar-refractivity contribution is -0.384. The van der Waals surface area contributed by atoms with Crippen molar-refractivity contribution in [1.82, 2.24) is 5.43 Å². The van der Waals surface area contributed by atoms with Crippen LogP contribution in [0, 0.1) is 10.1 Å². The van der Waals surface area contributed by atoms with Crippen molar-refractivity contribution in [2.45, 2.75) is 13.3 Å². The summed E-state index contributed by atoms with van der Waals surface area (Å²) in [7, 11) is 0. The quantitative estimate of drug-likeness (QED) is 0.341. The molecule has 0 atom stereocenters. The van der Waals surface area contributed by atoms with Crippen molar-refractivity contribution in [2.75, 3.05) is 6.61 Å². The number of nitrogens with zero attached hydrogens (tertiary/aromatic N) is 2. The van der Waals surface area contributed by atoms with Crippen LogP contribution >= 0.6 is 0 Å². The van der Waals surface area contributed by atoms with Gasteiger partial charge in [0.2, 0.25) is 0 Å². The number of para-hydroxylation sites is 1. The van der Waals surface area contributed by atoms with Gasteiger partial charge in [-0.25, -0.2) is 5.43 Å². The summed E-state index contributed by atoms with van der Waals surface area (Å²) in [6, 6.07) is 13.4. The fourth-order valence-corrected chi connectivity index (χ4v) is 2.20. The molecule has 2 rings (SSSR count). The van der Waals surface area contributed by atoms with Crippen LogP contribution in [0.2, 0.25) is 0 Å². The molecule has 1 N–H and O–H groups in total. The maximum absolute atomic E-state index is 11.9. The van der Waals surface area contributed by atoms with Crippen LogP contribution in [0.3, 0.4) is 0 Å². The van der Waals surface area contributed by atoms with Crippen LogP contribution in [0.25, 0.3) is 0 Å². The van der Waals surface area contributed by atoms with Crippen molar-refractivity contribution < 1.29 is 14.5 Å². The molecule has 0 aliphatic heterocycles. The van der Waals surface area contributed by atoms with Gasteiger partial charge >= 0.3 is 0 Å². The number of nitro benzene ring substituents is 1. The van der Waals surface area contributed by atoms with E-state index in [0.29, 0.717) is 23.4 Å². The topological polar surface area (TPSA) is 93.8 Å². The van der Waals surface area contributed by atoms with Crippen LogP contribution in [0.15, 0.2) is 66.3 Å². The first-order valence-electron chi connectivity index (χ1n) is 7.91. The van der Waals surface area contributed by atoms with Gasteiger partial charge in [0.25, 0.3) is 11.6 Å².